The van der Waals surface area contributed by atoms with Crippen LogP contribution in [0.1, 0.15) is 24.4 Å². The van der Waals surface area contributed by atoms with Crippen molar-refractivity contribution in [3.05, 3.63) is 65.2 Å². The Kier molecular flexibility index (Phi) is 5.14. The summed E-state index contributed by atoms with van der Waals surface area (Å²) in [5.41, 5.74) is 2.14. The molecular weight excluding hydrogens is 346 g/mol. The lowest BCUT2D eigenvalue weighted by molar-refractivity contribution is -0.127. The van der Waals surface area contributed by atoms with Gasteiger partial charge in [0.05, 0.1) is 10.7 Å². The molecule has 1 aliphatic heterocycles. The van der Waals surface area contributed by atoms with E-state index in [2.05, 4.69) is 33.3 Å². The third-order valence-electron chi connectivity index (χ3n) is 5.16. The molecule has 4 rings (SSSR count). The molecule has 1 atom stereocenters. The molecule has 1 N–H and O–H groups in total. The van der Waals surface area contributed by atoms with Gasteiger partial charge < -0.3 is 10.2 Å². The van der Waals surface area contributed by atoms with Crippen LogP contribution < -0.4 is 10.2 Å². The Morgan fingerprint density at radius 2 is 1.62 bits per heavy atom. The zero-order chi connectivity index (χ0) is 17.9. The molecule has 2 aromatic rings. The van der Waals surface area contributed by atoms with Crippen molar-refractivity contribution in [2.75, 3.05) is 31.1 Å². The van der Waals surface area contributed by atoms with E-state index in [1.165, 1.54) is 0 Å². The van der Waals surface area contributed by atoms with Gasteiger partial charge in [-0.3, -0.25) is 9.69 Å². The first-order valence-electron chi connectivity index (χ1n) is 9.31. The van der Waals surface area contributed by atoms with Gasteiger partial charge in [0.1, 0.15) is 6.04 Å². The molecular formula is C21H24ClN3O. The van der Waals surface area contributed by atoms with Crippen LogP contribution in [0.25, 0.3) is 0 Å². The monoisotopic (exact) mass is 369 g/mol. The number of nitrogens with zero attached hydrogens (tertiary/aromatic N) is 2. The van der Waals surface area contributed by atoms with Gasteiger partial charge in [-0.1, -0.05) is 54.1 Å². The second-order valence-corrected chi connectivity index (χ2v) is 7.48. The molecule has 136 valence electrons. The summed E-state index contributed by atoms with van der Waals surface area (Å²) >= 11 is 6.35. The molecule has 0 spiro atoms. The number of nitrogens with one attached hydrogen (secondary N) is 1. The van der Waals surface area contributed by atoms with Gasteiger partial charge >= 0.3 is 0 Å². The van der Waals surface area contributed by atoms with E-state index in [4.69, 9.17) is 11.6 Å². The minimum absolute atomic E-state index is 0.130. The SMILES string of the molecule is O=C(NC1CC1)C(c1ccccc1)N1CCN(c2ccccc2Cl)CC1. The molecule has 0 aromatic heterocycles. The molecule has 5 heteroatoms. The first-order valence-corrected chi connectivity index (χ1v) is 9.69. The Morgan fingerprint density at radius 1 is 0.962 bits per heavy atom. The van der Waals surface area contributed by atoms with Crippen LogP contribution in [0.5, 0.6) is 0 Å². The molecule has 1 aliphatic carbocycles. The van der Waals surface area contributed by atoms with Crippen LogP contribution in [0, 0.1) is 0 Å². The van der Waals surface area contributed by atoms with Crippen molar-refractivity contribution in [3.8, 4) is 0 Å². The number of benzene rings is 2. The Balaban J connectivity index is 1.49. The Bertz CT molecular complexity index is 755. The van der Waals surface area contributed by atoms with E-state index in [-0.39, 0.29) is 11.9 Å². The van der Waals surface area contributed by atoms with Crippen molar-refractivity contribution in [1.29, 1.82) is 0 Å². The molecule has 2 fully saturated rings. The highest BCUT2D eigenvalue weighted by Gasteiger charge is 2.33. The number of carbonyl (C=O) groups excluding carboxylic acids is 1. The summed E-state index contributed by atoms with van der Waals surface area (Å²) in [6.45, 7) is 3.40. The lowest BCUT2D eigenvalue weighted by Crippen LogP contribution is -2.51. The number of amides is 1. The Morgan fingerprint density at radius 3 is 2.27 bits per heavy atom. The maximum atomic E-state index is 12.9. The Hall–Kier alpha value is -2.04. The second-order valence-electron chi connectivity index (χ2n) is 7.07. The van der Waals surface area contributed by atoms with E-state index < -0.39 is 0 Å². The van der Waals surface area contributed by atoms with Crippen LogP contribution >= 0.6 is 11.6 Å². The number of rotatable bonds is 5. The number of hydrogen-bond donors (Lipinski definition) is 1. The molecule has 2 aliphatic rings. The fourth-order valence-corrected chi connectivity index (χ4v) is 3.86. The zero-order valence-electron chi connectivity index (χ0n) is 14.8. The van der Waals surface area contributed by atoms with Gasteiger partial charge in [0.15, 0.2) is 0 Å². The van der Waals surface area contributed by atoms with Gasteiger partial charge in [-0.15, -0.1) is 0 Å². The number of piperazine rings is 1. The molecule has 4 nitrogen and oxygen atoms in total. The van der Waals surface area contributed by atoms with Crippen LogP contribution in [0.3, 0.4) is 0 Å². The third-order valence-corrected chi connectivity index (χ3v) is 5.48. The molecule has 0 bridgehead atoms. The predicted octanol–water partition coefficient (Wildman–Crippen LogP) is 3.48. The van der Waals surface area contributed by atoms with Gasteiger partial charge in [-0.25, -0.2) is 0 Å². The fourth-order valence-electron chi connectivity index (χ4n) is 3.60. The summed E-state index contributed by atoms with van der Waals surface area (Å²) in [6, 6.07) is 18.2. The highest BCUT2D eigenvalue weighted by atomic mass is 35.5. The summed E-state index contributed by atoms with van der Waals surface area (Å²) in [7, 11) is 0. The van der Waals surface area contributed by atoms with Gasteiger partial charge in [0, 0.05) is 32.2 Å². The van der Waals surface area contributed by atoms with E-state index in [9.17, 15) is 4.79 Å². The van der Waals surface area contributed by atoms with Crippen LogP contribution in [-0.4, -0.2) is 43.0 Å². The van der Waals surface area contributed by atoms with Crippen molar-refractivity contribution in [2.24, 2.45) is 0 Å². The molecule has 1 unspecified atom stereocenters. The lowest BCUT2D eigenvalue weighted by atomic mass is 10.0. The molecule has 0 radical (unpaired) electrons. The number of para-hydroxylation sites is 1. The van der Waals surface area contributed by atoms with E-state index in [0.717, 1.165) is 55.3 Å². The van der Waals surface area contributed by atoms with E-state index >= 15 is 0 Å². The molecule has 26 heavy (non-hydrogen) atoms. The molecule has 2 aromatic carbocycles. The first-order chi connectivity index (χ1) is 12.7. The van der Waals surface area contributed by atoms with E-state index in [0.29, 0.717) is 6.04 Å². The minimum Gasteiger partial charge on any atom is -0.368 e. The van der Waals surface area contributed by atoms with Crippen molar-refractivity contribution in [3.63, 3.8) is 0 Å². The second kappa shape index (κ2) is 7.68. The van der Waals surface area contributed by atoms with Gasteiger partial charge in [0.25, 0.3) is 0 Å². The van der Waals surface area contributed by atoms with Crippen LogP contribution in [0.15, 0.2) is 54.6 Å². The summed E-state index contributed by atoms with van der Waals surface area (Å²) in [5, 5.41) is 3.97. The quantitative estimate of drug-likeness (QED) is 0.876. The minimum atomic E-state index is -0.217. The van der Waals surface area contributed by atoms with E-state index in [1.54, 1.807) is 0 Å². The van der Waals surface area contributed by atoms with Crippen LogP contribution in [0.2, 0.25) is 5.02 Å². The maximum Gasteiger partial charge on any atom is 0.242 e. The van der Waals surface area contributed by atoms with Crippen molar-refractivity contribution in [2.45, 2.75) is 24.9 Å². The smallest absolute Gasteiger partial charge is 0.242 e. The normalized spacial score (nSPS) is 19.2. The average molecular weight is 370 g/mol. The summed E-state index contributed by atoms with van der Waals surface area (Å²) in [5.74, 6) is 0.130. The fraction of sp³-hybridized carbons (Fsp3) is 0.381. The number of halogens is 1. The molecule has 1 saturated carbocycles. The average Bonchev–Trinajstić information content (AvgIpc) is 3.48. The zero-order valence-corrected chi connectivity index (χ0v) is 15.5. The topological polar surface area (TPSA) is 35.6 Å². The third kappa shape index (κ3) is 3.87. The summed E-state index contributed by atoms with van der Waals surface area (Å²) < 4.78 is 0. The molecule has 1 amide bonds. The first kappa shape index (κ1) is 17.4. The van der Waals surface area contributed by atoms with E-state index in [1.807, 2.05) is 36.4 Å². The predicted molar refractivity (Wildman–Crippen MR) is 106 cm³/mol. The molecule has 1 saturated heterocycles. The standard InChI is InChI=1S/C21H24ClN3O/c22-18-8-4-5-9-19(18)24-12-14-25(15-13-24)20(16-6-2-1-3-7-16)21(26)23-17-10-11-17/h1-9,17,20H,10-15H2,(H,23,26). The van der Waals surface area contributed by atoms with Crippen molar-refractivity contribution in [1.82, 2.24) is 10.2 Å². The Labute approximate surface area is 159 Å². The van der Waals surface area contributed by atoms with Crippen LogP contribution in [-0.2, 0) is 4.79 Å². The lowest BCUT2D eigenvalue weighted by Gasteiger charge is -2.40. The largest absolute Gasteiger partial charge is 0.368 e. The summed E-state index contributed by atoms with van der Waals surface area (Å²) in [6.07, 6.45) is 2.21. The molecule has 1 heterocycles. The highest BCUT2D eigenvalue weighted by Crippen LogP contribution is 2.29. The van der Waals surface area contributed by atoms with Gasteiger partial charge in [-0.05, 0) is 30.5 Å². The number of hydrogen-bond acceptors (Lipinski definition) is 3. The number of anilines is 1. The maximum absolute atomic E-state index is 12.9. The summed E-state index contributed by atoms with van der Waals surface area (Å²) in [4.78, 5) is 17.5. The van der Waals surface area contributed by atoms with Crippen molar-refractivity contribution >= 4 is 23.2 Å². The van der Waals surface area contributed by atoms with Crippen molar-refractivity contribution < 1.29 is 4.79 Å². The van der Waals surface area contributed by atoms with Gasteiger partial charge in [-0.2, -0.15) is 0 Å². The van der Waals surface area contributed by atoms with Gasteiger partial charge in [0.2, 0.25) is 5.91 Å². The highest BCUT2D eigenvalue weighted by molar-refractivity contribution is 6.33. The van der Waals surface area contributed by atoms with Crippen LogP contribution in [0.4, 0.5) is 5.69 Å². The number of carbonyl (C=O) groups is 1.